The largest absolute Gasteiger partial charge is 0.392 e. The smallest absolute Gasteiger partial charge is 0.184 e. The van der Waals surface area contributed by atoms with E-state index in [1.165, 1.54) is 20.3 Å². The summed E-state index contributed by atoms with van der Waals surface area (Å²) in [5, 5.41) is 21.2. The SMILES string of the molecule is CC1=C2CCC[C@H](O)[C@@]2(C)C/C(=C\c2ccc(/C=C/c3ccccc3)cc2)C1=O.CC1=C2CCC[C@H](O)[C@@]2(C)C/C(=C\c2ccc(I)cc2)C1=O. The number of carbonyl (C=O) groups excluding carboxylic acids is 2. The van der Waals surface area contributed by atoms with Crippen molar-refractivity contribution in [2.24, 2.45) is 10.8 Å². The number of rotatable bonds is 4. The first kappa shape index (κ1) is 37.1. The summed E-state index contributed by atoms with van der Waals surface area (Å²) in [4.78, 5) is 25.6. The molecule has 0 aliphatic heterocycles. The van der Waals surface area contributed by atoms with Crippen molar-refractivity contribution in [3.8, 4) is 0 Å². The Morgan fingerprint density at radius 1 is 0.608 bits per heavy atom. The fourth-order valence-corrected chi connectivity index (χ4v) is 8.96. The highest BCUT2D eigenvalue weighted by atomic mass is 127. The standard InChI is InChI=1S/C27H28O2.C19H21IO2/c1-19-24-9-6-10-25(28)27(24,2)18-23(26(19)29)17-22-15-13-21(14-16-22)12-11-20-7-4-3-5-8-20;1-12-16-4-3-5-17(21)19(16,2)11-14(18(12)22)10-13-6-8-15(20)9-7-13/h3-5,7-8,11-17,25,28H,6,9-10,18H2,1-2H3;6-10,17,21H,3-5,11H2,1-2H3/b12-11+,23-17+;14-10+/t25-,27-;17-,19-/m00/s1. The number of ketones is 2. The van der Waals surface area contributed by atoms with Crippen LogP contribution in [0.3, 0.4) is 0 Å². The zero-order valence-corrected chi connectivity index (χ0v) is 32.4. The number of halogens is 1. The van der Waals surface area contributed by atoms with Gasteiger partial charge in [0.2, 0.25) is 0 Å². The monoisotopic (exact) mass is 792 g/mol. The summed E-state index contributed by atoms with van der Waals surface area (Å²) in [6, 6.07) is 26.7. The lowest BCUT2D eigenvalue weighted by Crippen LogP contribution is -2.42. The van der Waals surface area contributed by atoms with Gasteiger partial charge in [0.25, 0.3) is 0 Å². The van der Waals surface area contributed by atoms with Crippen LogP contribution in [0, 0.1) is 14.4 Å². The van der Waals surface area contributed by atoms with Crippen LogP contribution >= 0.6 is 22.6 Å². The Hall–Kier alpha value is -3.65. The predicted octanol–water partition coefficient (Wildman–Crippen LogP) is 10.6. The van der Waals surface area contributed by atoms with Crippen LogP contribution in [0.15, 0.2) is 112 Å². The van der Waals surface area contributed by atoms with Crippen LogP contribution in [0.4, 0.5) is 0 Å². The summed E-state index contributed by atoms with van der Waals surface area (Å²) in [7, 11) is 0. The molecule has 4 aliphatic rings. The molecular weight excluding hydrogens is 743 g/mol. The lowest BCUT2D eigenvalue weighted by atomic mass is 9.61. The highest BCUT2D eigenvalue weighted by Crippen LogP contribution is 2.51. The van der Waals surface area contributed by atoms with Crippen LogP contribution in [0.1, 0.15) is 101 Å². The van der Waals surface area contributed by atoms with Gasteiger partial charge in [-0.1, -0.05) is 104 Å². The van der Waals surface area contributed by atoms with Crippen molar-refractivity contribution in [2.75, 3.05) is 0 Å². The fourth-order valence-electron chi connectivity index (χ4n) is 8.60. The van der Waals surface area contributed by atoms with Gasteiger partial charge >= 0.3 is 0 Å². The summed E-state index contributed by atoms with van der Waals surface area (Å²) in [5.41, 5.74) is 9.46. The summed E-state index contributed by atoms with van der Waals surface area (Å²) < 4.78 is 1.18. The van der Waals surface area contributed by atoms with Crippen molar-refractivity contribution in [3.05, 3.63) is 138 Å². The molecule has 2 N–H and O–H groups in total. The number of hydrogen-bond acceptors (Lipinski definition) is 4. The van der Waals surface area contributed by atoms with Gasteiger partial charge < -0.3 is 10.2 Å². The molecule has 2 saturated carbocycles. The molecule has 0 spiro atoms. The van der Waals surface area contributed by atoms with Gasteiger partial charge in [-0.15, -0.1) is 0 Å². The van der Waals surface area contributed by atoms with Gasteiger partial charge in [0.15, 0.2) is 11.6 Å². The second kappa shape index (κ2) is 15.5. The first-order valence-electron chi connectivity index (χ1n) is 18.2. The third-order valence-corrected chi connectivity index (χ3v) is 12.4. The van der Waals surface area contributed by atoms with Gasteiger partial charge in [-0.2, -0.15) is 0 Å². The highest BCUT2D eigenvalue weighted by Gasteiger charge is 2.46. The molecular formula is C46H49IO4. The number of carbonyl (C=O) groups is 2. The molecule has 4 atom stereocenters. The number of hydrogen-bond donors (Lipinski definition) is 2. The molecule has 3 aromatic rings. The number of benzene rings is 3. The van der Waals surface area contributed by atoms with E-state index in [9.17, 15) is 19.8 Å². The number of allylic oxidation sites excluding steroid dienone is 4. The van der Waals surface area contributed by atoms with Crippen molar-refractivity contribution in [1.82, 2.24) is 0 Å². The molecule has 4 nitrogen and oxygen atoms in total. The maximum atomic E-state index is 12.9. The molecule has 0 bridgehead atoms. The van der Waals surface area contributed by atoms with E-state index in [0.29, 0.717) is 12.8 Å². The van der Waals surface area contributed by atoms with E-state index >= 15 is 0 Å². The van der Waals surface area contributed by atoms with Gasteiger partial charge in [0, 0.05) is 25.5 Å². The van der Waals surface area contributed by atoms with E-state index in [4.69, 9.17) is 0 Å². The summed E-state index contributed by atoms with van der Waals surface area (Å²) in [6.07, 6.45) is 14.2. The van der Waals surface area contributed by atoms with Gasteiger partial charge in [-0.05, 0) is 145 Å². The molecule has 0 radical (unpaired) electrons. The lowest BCUT2D eigenvalue weighted by molar-refractivity contribution is -0.114. The Kier molecular flexibility index (Phi) is 11.3. The van der Waals surface area contributed by atoms with Crippen molar-refractivity contribution >= 4 is 58.5 Å². The van der Waals surface area contributed by atoms with Crippen molar-refractivity contribution in [3.63, 3.8) is 0 Å². The second-order valence-electron chi connectivity index (χ2n) is 15.2. The number of Topliss-reactive ketones (excluding diaryl/α,β-unsaturated/α-hetero) is 2. The molecule has 0 amide bonds. The van der Waals surface area contributed by atoms with Crippen LogP contribution in [-0.2, 0) is 9.59 Å². The quantitative estimate of drug-likeness (QED) is 0.157. The minimum Gasteiger partial charge on any atom is -0.392 e. The molecule has 2 fully saturated rings. The van der Waals surface area contributed by atoms with E-state index in [1.807, 2.05) is 68.5 Å². The molecule has 264 valence electrons. The molecule has 3 aromatic carbocycles. The van der Waals surface area contributed by atoms with E-state index in [1.54, 1.807) is 0 Å². The van der Waals surface area contributed by atoms with Crippen molar-refractivity contribution < 1.29 is 19.8 Å². The molecule has 0 unspecified atom stereocenters. The Morgan fingerprint density at radius 2 is 1.00 bits per heavy atom. The Morgan fingerprint density at radius 3 is 1.45 bits per heavy atom. The zero-order chi connectivity index (χ0) is 36.3. The Bertz CT molecular complexity index is 1940. The zero-order valence-electron chi connectivity index (χ0n) is 30.2. The molecule has 7 rings (SSSR count). The predicted molar refractivity (Wildman–Crippen MR) is 218 cm³/mol. The maximum Gasteiger partial charge on any atom is 0.184 e. The topological polar surface area (TPSA) is 74.6 Å². The van der Waals surface area contributed by atoms with E-state index < -0.39 is 0 Å². The van der Waals surface area contributed by atoms with Crippen LogP contribution in [0.5, 0.6) is 0 Å². The molecule has 51 heavy (non-hydrogen) atoms. The van der Waals surface area contributed by atoms with Crippen LogP contribution < -0.4 is 0 Å². The van der Waals surface area contributed by atoms with Crippen LogP contribution in [0.25, 0.3) is 24.3 Å². The fraction of sp³-hybridized carbons (Fsp3) is 0.348. The normalized spacial score (nSPS) is 28.1. The van der Waals surface area contributed by atoms with Crippen molar-refractivity contribution in [2.45, 2.75) is 91.3 Å². The average Bonchev–Trinajstić information content (AvgIpc) is 3.12. The van der Waals surface area contributed by atoms with Crippen LogP contribution in [-0.4, -0.2) is 34.0 Å². The van der Waals surface area contributed by atoms with Gasteiger partial charge in [0.05, 0.1) is 12.2 Å². The van der Waals surface area contributed by atoms with E-state index in [-0.39, 0.29) is 34.6 Å². The number of aliphatic hydroxyl groups excluding tert-OH is 2. The summed E-state index contributed by atoms with van der Waals surface area (Å²) in [5.74, 6) is 0.291. The number of fused-ring (bicyclic) bond motifs is 2. The molecule has 4 aliphatic carbocycles. The van der Waals surface area contributed by atoms with Gasteiger partial charge in [-0.3, -0.25) is 9.59 Å². The molecule has 0 saturated heterocycles. The Balaban J connectivity index is 0.000000183. The molecule has 0 aromatic heterocycles. The molecule has 5 heteroatoms. The average molecular weight is 793 g/mol. The first-order valence-corrected chi connectivity index (χ1v) is 19.3. The summed E-state index contributed by atoms with van der Waals surface area (Å²) in [6.45, 7) is 8.09. The number of aliphatic hydroxyl groups is 2. The Labute approximate surface area is 316 Å². The third kappa shape index (κ3) is 7.91. The molecule has 0 heterocycles. The minimum absolute atomic E-state index is 0.139. The van der Waals surface area contributed by atoms with E-state index in [0.717, 1.165) is 77.5 Å². The summed E-state index contributed by atoms with van der Waals surface area (Å²) >= 11 is 2.28. The third-order valence-electron chi connectivity index (χ3n) is 11.7. The maximum absolute atomic E-state index is 12.9. The van der Waals surface area contributed by atoms with Crippen LogP contribution in [0.2, 0.25) is 0 Å². The first-order chi connectivity index (χ1) is 24.4. The van der Waals surface area contributed by atoms with Gasteiger partial charge in [-0.25, -0.2) is 0 Å². The van der Waals surface area contributed by atoms with E-state index in [2.05, 4.69) is 85.0 Å². The van der Waals surface area contributed by atoms with Gasteiger partial charge in [0.1, 0.15) is 0 Å². The lowest BCUT2D eigenvalue weighted by Gasteiger charge is -2.45. The minimum atomic E-state index is -0.372. The second-order valence-corrected chi connectivity index (χ2v) is 16.4. The van der Waals surface area contributed by atoms with Crippen molar-refractivity contribution in [1.29, 1.82) is 0 Å². The highest BCUT2D eigenvalue weighted by molar-refractivity contribution is 14.1.